The van der Waals surface area contributed by atoms with Gasteiger partial charge in [-0.05, 0) is 87.7 Å². The fourth-order valence-electron chi connectivity index (χ4n) is 4.29. The molecule has 6 heteroatoms. The maximum Gasteiger partial charge on any atom is 0.236 e. The van der Waals surface area contributed by atoms with Gasteiger partial charge in [0.15, 0.2) is 0 Å². The molecule has 0 aliphatic carbocycles. The molecule has 0 unspecified atom stereocenters. The Balaban J connectivity index is 1.67. The van der Waals surface area contributed by atoms with Crippen LogP contribution < -0.4 is 15.5 Å². The minimum absolute atomic E-state index is 0.00692. The molecule has 1 aromatic heterocycles. The molecule has 2 N–H and O–H groups in total. The SMILES string of the molecule is CN[C@@H](C)C(=O)NCCc1cc(N2CCCC2)cc(-n2cc(C)c3cc(F)ccc32)c1. The van der Waals surface area contributed by atoms with Crippen molar-refractivity contribution in [3.63, 3.8) is 0 Å². The lowest BCUT2D eigenvalue weighted by atomic mass is 10.1. The van der Waals surface area contributed by atoms with Crippen molar-refractivity contribution in [2.75, 3.05) is 31.6 Å². The molecule has 2 aromatic carbocycles. The minimum atomic E-state index is -0.216. The Labute approximate surface area is 183 Å². The van der Waals surface area contributed by atoms with Crippen LogP contribution in [0.15, 0.2) is 42.6 Å². The molecule has 164 valence electrons. The zero-order chi connectivity index (χ0) is 22.0. The Morgan fingerprint density at radius 2 is 1.87 bits per heavy atom. The smallest absolute Gasteiger partial charge is 0.236 e. The van der Waals surface area contributed by atoms with E-state index in [-0.39, 0.29) is 17.8 Å². The first-order chi connectivity index (χ1) is 15.0. The number of rotatable bonds is 7. The van der Waals surface area contributed by atoms with Gasteiger partial charge in [0.1, 0.15) is 5.82 Å². The lowest BCUT2D eigenvalue weighted by Gasteiger charge is -2.21. The Bertz CT molecular complexity index is 1080. The number of halogens is 1. The third-order valence-electron chi connectivity index (χ3n) is 6.22. The van der Waals surface area contributed by atoms with Gasteiger partial charge in [-0.3, -0.25) is 4.79 Å². The van der Waals surface area contributed by atoms with Gasteiger partial charge in [0.05, 0.1) is 11.6 Å². The molecule has 1 atom stereocenters. The summed E-state index contributed by atoms with van der Waals surface area (Å²) in [6.07, 6.45) is 5.25. The van der Waals surface area contributed by atoms with E-state index in [0.29, 0.717) is 6.54 Å². The van der Waals surface area contributed by atoms with Crippen molar-refractivity contribution in [1.29, 1.82) is 0 Å². The first-order valence-electron chi connectivity index (χ1n) is 11.1. The Kier molecular flexibility index (Phi) is 6.28. The van der Waals surface area contributed by atoms with Gasteiger partial charge < -0.3 is 20.1 Å². The van der Waals surface area contributed by atoms with Gasteiger partial charge in [-0.2, -0.15) is 0 Å². The van der Waals surface area contributed by atoms with Crippen molar-refractivity contribution in [3.05, 3.63) is 59.5 Å². The van der Waals surface area contributed by atoms with Crippen molar-refractivity contribution in [2.24, 2.45) is 0 Å². The largest absolute Gasteiger partial charge is 0.371 e. The molecule has 4 rings (SSSR count). The lowest BCUT2D eigenvalue weighted by molar-refractivity contribution is -0.122. The fraction of sp³-hybridized carbons (Fsp3) is 0.400. The first-order valence-corrected chi connectivity index (χ1v) is 11.1. The standard InChI is InChI=1S/C25H31FN4O/c1-17-16-30(24-7-6-20(26)14-23(17)24)22-13-19(8-9-28-25(31)18(2)27-3)12-21(15-22)29-10-4-5-11-29/h6-7,12-16,18,27H,4-5,8-11H2,1-3H3,(H,28,31)/t18-/m0/s1. The van der Waals surface area contributed by atoms with Gasteiger partial charge in [-0.15, -0.1) is 0 Å². The molecular weight excluding hydrogens is 391 g/mol. The highest BCUT2D eigenvalue weighted by molar-refractivity contribution is 5.86. The number of hydrogen-bond acceptors (Lipinski definition) is 3. The quantitative estimate of drug-likeness (QED) is 0.606. The summed E-state index contributed by atoms with van der Waals surface area (Å²) in [7, 11) is 1.78. The lowest BCUT2D eigenvalue weighted by Crippen LogP contribution is -2.41. The number of nitrogens with zero attached hydrogens (tertiary/aromatic N) is 2. The predicted molar refractivity (Wildman–Crippen MR) is 125 cm³/mol. The number of anilines is 1. The maximum absolute atomic E-state index is 13.8. The maximum atomic E-state index is 13.8. The molecular formula is C25H31FN4O. The number of carbonyl (C=O) groups excluding carboxylic acids is 1. The highest BCUT2D eigenvalue weighted by Crippen LogP contribution is 2.30. The van der Waals surface area contributed by atoms with Crippen molar-refractivity contribution in [2.45, 2.75) is 39.2 Å². The van der Waals surface area contributed by atoms with Crippen LogP contribution >= 0.6 is 0 Å². The zero-order valence-corrected chi connectivity index (χ0v) is 18.5. The second-order valence-corrected chi connectivity index (χ2v) is 8.45. The molecule has 0 saturated carbocycles. The van der Waals surface area contributed by atoms with Crippen LogP contribution in [0, 0.1) is 12.7 Å². The number of likely N-dealkylation sites (N-methyl/N-ethyl adjacent to an activating group) is 1. The first kappa shape index (κ1) is 21.4. The highest BCUT2D eigenvalue weighted by Gasteiger charge is 2.16. The van der Waals surface area contributed by atoms with E-state index < -0.39 is 0 Å². The summed E-state index contributed by atoms with van der Waals surface area (Å²) in [6.45, 7) is 6.59. The molecule has 3 aromatic rings. The van der Waals surface area contributed by atoms with Crippen LogP contribution in [0.25, 0.3) is 16.6 Å². The normalized spacial score (nSPS) is 14.9. The van der Waals surface area contributed by atoms with Gasteiger partial charge in [0.2, 0.25) is 5.91 Å². The summed E-state index contributed by atoms with van der Waals surface area (Å²) in [5.41, 5.74) is 5.51. The number of aryl methyl sites for hydroxylation is 1. The van der Waals surface area contributed by atoms with Crippen LogP contribution in [0.2, 0.25) is 0 Å². The van der Waals surface area contributed by atoms with E-state index in [9.17, 15) is 9.18 Å². The molecule has 31 heavy (non-hydrogen) atoms. The fourth-order valence-corrected chi connectivity index (χ4v) is 4.29. The van der Waals surface area contributed by atoms with Crippen LogP contribution in [-0.2, 0) is 11.2 Å². The monoisotopic (exact) mass is 422 g/mol. The van der Waals surface area contributed by atoms with Crippen molar-refractivity contribution in [3.8, 4) is 5.69 Å². The number of benzene rings is 2. The van der Waals surface area contributed by atoms with Crippen LogP contribution in [0.5, 0.6) is 0 Å². The number of hydrogen-bond donors (Lipinski definition) is 2. The van der Waals surface area contributed by atoms with Gasteiger partial charge in [-0.25, -0.2) is 4.39 Å². The van der Waals surface area contributed by atoms with E-state index in [0.717, 1.165) is 41.7 Å². The van der Waals surface area contributed by atoms with E-state index in [2.05, 4.69) is 44.5 Å². The molecule has 1 aliphatic heterocycles. The number of aromatic nitrogens is 1. The van der Waals surface area contributed by atoms with E-state index in [1.807, 2.05) is 19.9 Å². The van der Waals surface area contributed by atoms with Crippen molar-refractivity contribution < 1.29 is 9.18 Å². The van der Waals surface area contributed by atoms with Gasteiger partial charge in [0, 0.05) is 42.6 Å². The van der Waals surface area contributed by atoms with Crippen LogP contribution in [0.3, 0.4) is 0 Å². The number of nitrogens with one attached hydrogen (secondary N) is 2. The van der Waals surface area contributed by atoms with E-state index in [4.69, 9.17) is 0 Å². The molecule has 2 heterocycles. The predicted octanol–water partition coefficient (Wildman–Crippen LogP) is 3.94. The summed E-state index contributed by atoms with van der Waals surface area (Å²) < 4.78 is 15.9. The molecule has 0 radical (unpaired) electrons. The summed E-state index contributed by atoms with van der Waals surface area (Å²) in [5, 5.41) is 6.90. The summed E-state index contributed by atoms with van der Waals surface area (Å²) >= 11 is 0. The van der Waals surface area contributed by atoms with E-state index in [1.54, 1.807) is 13.1 Å². The van der Waals surface area contributed by atoms with Crippen molar-refractivity contribution in [1.82, 2.24) is 15.2 Å². The second kappa shape index (κ2) is 9.10. The number of carbonyl (C=O) groups is 1. The average molecular weight is 423 g/mol. The van der Waals surface area contributed by atoms with E-state index in [1.165, 1.54) is 30.2 Å². The molecule has 1 aliphatic rings. The van der Waals surface area contributed by atoms with Gasteiger partial charge in [-0.1, -0.05) is 0 Å². The molecule has 1 saturated heterocycles. The van der Waals surface area contributed by atoms with Crippen LogP contribution in [0.1, 0.15) is 30.9 Å². The molecule has 5 nitrogen and oxygen atoms in total. The average Bonchev–Trinajstić information content (AvgIpc) is 3.41. The highest BCUT2D eigenvalue weighted by atomic mass is 19.1. The summed E-state index contributed by atoms with van der Waals surface area (Å²) in [5.74, 6) is -0.209. The van der Waals surface area contributed by atoms with Crippen molar-refractivity contribution >= 4 is 22.5 Å². The minimum Gasteiger partial charge on any atom is -0.371 e. The third kappa shape index (κ3) is 4.59. The second-order valence-electron chi connectivity index (χ2n) is 8.45. The van der Waals surface area contributed by atoms with Gasteiger partial charge >= 0.3 is 0 Å². The number of amides is 1. The topological polar surface area (TPSA) is 49.3 Å². The molecule has 0 spiro atoms. The Morgan fingerprint density at radius 1 is 1.13 bits per heavy atom. The Hall–Kier alpha value is -2.86. The third-order valence-corrected chi connectivity index (χ3v) is 6.22. The summed E-state index contributed by atoms with van der Waals surface area (Å²) in [6, 6.07) is 11.4. The number of fused-ring (bicyclic) bond motifs is 1. The zero-order valence-electron chi connectivity index (χ0n) is 18.5. The van der Waals surface area contributed by atoms with Gasteiger partial charge in [0.25, 0.3) is 0 Å². The van der Waals surface area contributed by atoms with Crippen LogP contribution in [0.4, 0.5) is 10.1 Å². The molecule has 1 amide bonds. The summed E-state index contributed by atoms with van der Waals surface area (Å²) in [4.78, 5) is 14.5. The Morgan fingerprint density at radius 3 is 2.61 bits per heavy atom. The molecule has 1 fully saturated rings. The van der Waals surface area contributed by atoms with Crippen LogP contribution in [-0.4, -0.2) is 43.2 Å². The molecule has 0 bridgehead atoms. The van der Waals surface area contributed by atoms with E-state index >= 15 is 0 Å².